The van der Waals surface area contributed by atoms with E-state index in [-0.39, 0.29) is 6.61 Å². The van der Waals surface area contributed by atoms with Crippen LogP contribution in [0.5, 0.6) is 0 Å². The third-order valence-corrected chi connectivity index (χ3v) is 6.15. The van der Waals surface area contributed by atoms with Crippen LogP contribution in [0, 0.1) is 0 Å². The Morgan fingerprint density at radius 3 is 1.69 bits per heavy atom. The maximum atomic E-state index is 10.8. The van der Waals surface area contributed by atoms with Crippen LogP contribution in [-0.4, -0.2) is 28.1 Å². The smallest absolute Gasteiger partial charge is 0.144 e. The van der Waals surface area contributed by atoms with Gasteiger partial charge in [-0.05, 0) is 23.3 Å². The van der Waals surface area contributed by atoms with Crippen LogP contribution in [0.3, 0.4) is 0 Å². The summed E-state index contributed by atoms with van der Waals surface area (Å²) < 4.78 is 2.16. The van der Waals surface area contributed by atoms with E-state index in [2.05, 4.69) is 58.3 Å². The lowest BCUT2D eigenvalue weighted by Crippen LogP contribution is -2.21. The highest BCUT2D eigenvalue weighted by Gasteiger charge is 2.24. The van der Waals surface area contributed by atoms with Crippen molar-refractivity contribution in [3.05, 3.63) is 108 Å². The fraction of sp³-hybridized carbons (Fsp3) is 0.107. The normalized spacial score (nSPS) is 13.2. The van der Waals surface area contributed by atoms with Gasteiger partial charge in [-0.1, -0.05) is 90.1 Å². The highest BCUT2D eigenvalue weighted by atomic mass is 16.6. The molecule has 4 aromatic carbocycles. The number of aromatic nitrogens is 1. The minimum Gasteiger partial charge on any atom is -0.392 e. The van der Waals surface area contributed by atoms with Crippen molar-refractivity contribution < 1.29 is 9.94 Å². The average Bonchev–Trinajstić information content (AvgIpc) is 3.33. The number of para-hydroxylation sites is 2. The number of oxime groups is 1. The molecular formula is C28H22N2O2. The lowest BCUT2D eigenvalue weighted by molar-refractivity contribution is 0.0324. The van der Waals surface area contributed by atoms with Crippen LogP contribution in [0.15, 0.2) is 102 Å². The highest BCUT2D eigenvalue weighted by Crippen LogP contribution is 2.36. The number of rotatable bonds is 5. The molecule has 0 amide bonds. The van der Waals surface area contributed by atoms with Gasteiger partial charge in [-0.25, -0.2) is 0 Å². The summed E-state index contributed by atoms with van der Waals surface area (Å²) in [6.07, 6.45) is -0.689. The first-order valence-electron chi connectivity index (χ1n) is 10.8. The Kier molecular flexibility index (Phi) is 4.51. The molecule has 5 aromatic rings. The van der Waals surface area contributed by atoms with Crippen LogP contribution in [0.2, 0.25) is 0 Å². The van der Waals surface area contributed by atoms with Gasteiger partial charge in [0.25, 0.3) is 0 Å². The van der Waals surface area contributed by atoms with E-state index in [1.165, 1.54) is 10.8 Å². The van der Waals surface area contributed by atoms with Gasteiger partial charge in [0, 0.05) is 32.9 Å². The van der Waals surface area contributed by atoms with E-state index in [1.54, 1.807) is 0 Å². The summed E-state index contributed by atoms with van der Waals surface area (Å²) >= 11 is 0. The minimum absolute atomic E-state index is 0.120. The van der Waals surface area contributed by atoms with Gasteiger partial charge in [0.1, 0.15) is 18.4 Å². The lowest BCUT2D eigenvalue weighted by Gasteiger charge is -2.13. The average molecular weight is 418 g/mol. The molecule has 0 saturated carbocycles. The van der Waals surface area contributed by atoms with E-state index >= 15 is 0 Å². The van der Waals surface area contributed by atoms with Gasteiger partial charge in [0.2, 0.25) is 0 Å². The molecule has 1 aliphatic carbocycles. The van der Waals surface area contributed by atoms with Crippen LogP contribution in [0.25, 0.3) is 32.9 Å². The van der Waals surface area contributed by atoms with Crippen molar-refractivity contribution in [2.75, 3.05) is 6.61 Å². The second-order valence-corrected chi connectivity index (χ2v) is 8.13. The number of aliphatic hydroxyl groups excluding tert-OH is 1. The van der Waals surface area contributed by atoms with Gasteiger partial charge in [-0.3, -0.25) is 0 Å². The monoisotopic (exact) mass is 418 g/mol. The van der Waals surface area contributed by atoms with Gasteiger partial charge in [0.05, 0.1) is 6.54 Å². The first-order chi connectivity index (χ1) is 15.8. The quantitative estimate of drug-likeness (QED) is 0.370. The zero-order chi connectivity index (χ0) is 21.5. The van der Waals surface area contributed by atoms with E-state index < -0.39 is 6.10 Å². The van der Waals surface area contributed by atoms with E-state index in [0.717, 1.165) is 39.0 Å². The molecule has 1 aliphatic rings. The topological polar surface area (TPSA) is 46.8 Å². The molecule has 0 saturated heterocycles. The van der Waals surface area contributed by atoms with E-state index in [9.17, 15) is 5.11 Å². The maximum absolute atomic E-state index is 10.8. The molecule has 1 aromatic heterocycles. The van der Waals surface area contributed by atoms with Crippen molar-refractivity contribution in [1.82, 2.24) is 4.57 Å². The number of hydrogen-bond acceptors (Lipinski definition) is 3. The standard InChI is InChI=1S/C28H22N2O2/c31-19(17-30-26-15-7-5-11-22(26)23-12-6-8-16-27(23)30)18-32-29-28-24-13-3-1-9-20(24)21-10-2-4-14-25(21)28/h1-16,19,31H,17-18H2/t19-/m0/s1. The van der Waals surface area contributed by atoms with Crippen molar-refractivity contribution in [2.45, 2.75) is 12.6 Å². The Hall–Kier alpha value is -3.89. The molecule has 1 heterocycles. The SMILES string of the molecule is O[C@H](CON=C1c2ccccc2-c2ccccc21)Cn1c2ccccc2c2ccccc21. The van der Waals surface area contributed by atoms with Crippen LogP contribution in [-0.2, 0) is 11.4 Å². The van der Waals surface area contributed by atoms with Gasteiger partial charge in [-0.15, -0.1) is 0 Å². The Morgan fingerprint density at radius 2 is 1.12 bits per heavy atom. The fourth-order valence-electron chi connectivity index (χ4n) is 4.74. The molecule has 0 fully saturated rings. The summed E-state index contributed by atoms with van der Waals surface area (Å²) in [5, 5.41) is 17.6. The van der Waals surface area contributed by atoms with E-state index in [0.29, 0.717) is 6.54 Å². The van der Waals surface area contributed by atoms with E-state index in [4.69, 9.17) is 4.84 Å². The molecule has 0 radical (unpaired) electrons. The molecule has 1 atom stereocenters. The third-order valence-electron chi connectivity index (χ3n) is 6.15. The number of benzene rings is 4. The lowest BCUT2D eigenvalue weighted by atomic mass is 10.1. The second-order valence-electron chi connectivity index (χ2n) is 8.13. The number of hydrogen-bond donors (Lipinski definition) is 1. The molecular weight excluding hydrogens is 396 g/mol. The Bertz CT molecular complexity index is 1380. The molecule has 0 bridgehead atoms. The van der Waals surface area contributed by atoms with Gasteiger partial charge in [-0.2, -0.15) is 0 Å². The maximum Gasteiger partial charge on any atom is 0.144 e. The molecule has 4 nitrogen and oxygen atoms in total. The number of fused-ring (bicyclic) bond motifs is 6. The third kappa shape index (κ3) is 3.00. The van der Waals surface area contributed by atoms with Crippen LogP contribution >= 0.6 is 0 Å². The fourth-order valence-corrected chi connectivity index (χ4v) is 4.74. The number of nitrogens with zero attached hydrogens (tertiary/aromatic N) is 2. The summed E-state index contributed by atoms with van der Waals surface area (Å²) in [5.41, 5.74) is 7.49. The van der Waals surface area contributed by atoms with Crippen molar-refractivity contribution >= 4 is 27.5 Å². The summed E-state index contributed by atoms with van der Waals surface area (Å²) in [5.74, 6) is 0. The van der Waals surface area contributed by atoms with Gasteiger partial charge in [0.15, 0.2) is 0 Å². The molecule has 4 heteroatoms. The molecule has 6 rings (SSSR count). The van der Waals surface area contributed by atoms with Crippen LogP contribution in [0.1, 0.15) is 11.1 Å². The second kappa shape index (κ2) is 7.66. The summed E-state index contributed by atoms with van der Waals surface area (Å²) in [4.78, 5) is 5.69. The Labute approximate surface area is 186 Å². The molecule has 32 heavy (non-hydrogen) atoms. The summed E-state index contributed by atoms with van der Waals surface area (Å²) in [6.45, 7) is 0.556. The first kappa shape index (κ1) is 18.8. The zero-order valence-electron chi connectivity index (χ0n) is 17.5. The molecule has 156 valence electrons. The van der Waals surface area contributed by atoms with Gasteiger partial charge >= 0.3 is 0 Å². The van der Waals surface area contributed by atoms with Crippen LogP contribution < -0.4 is 0 Å². The van der Waals surface area contributed by atoms with Crippen molar-refractivity contribution in [3.8, 4) is 11.1 Å². The minimum atomic E-state index is -0.689. The van der Waals surface area contributed by atoms with Gasteiger partial charge < -0.3 is 14.5 Å². The van der Waals surface area contributed by atoms with Crippen molar-refractivity contribution in [1.29, 1.82) is 0 Å². The number of aliphatic hydroxyl groups is 1. The largest absolute Gasteiger partial charge is 0.392 e. The van der Waals surface area contributed by atoms with E-state index in [1.807, 2.05) is 48.5 Å². The first-order valence-corrected chi connectivity index (χ1v) is 10.8. The van der Waals surface area contributed by atoms with Crippen molar-refractivity contribution in [3.63, 3.8) is 0 Å². The highest BCUT2D eigenvalue weighted by molar-refractivity contribution is 6.24. The molecule has 0 aliphatic heterocycles. The molecule has 0 spiro atoms. The van der Waals surface area contributed by atoms with Crippen molar-refractivity contribution in [2.24, 2.45) is 5.16 Å². The Balaban J connectivity index is 1.26. The molecule has 1 N–H and O–H groups in total. The Morgan fingerprint density at radius 1 is 0.656 bits per heavy atom. The predicted octanol–water partition coefficient (Wildman–Crippen LogP) is 5.61. The van der Waals surface area contributed by atoms with Crippen LogP contribution in [0.4, 0.5) is 0 Å². The molecule has 0 unspecified atom stereocenters. The summed E-state index contributed by atoms with van der Waals surface area (Å²) in [7, 11) is 0. The summed E-state index contributed by atoms with van der Waals surface area (Å²) in [6, 6.07) is 33.0. The predicted molar refractivity (Wildman–Crippen MR) is 129 cm³/mol. The zero-order valence-corrected chi connectivity index (χ0v) is 17.5.